The second-order valence-electron chi connectivity index (χ2n) is 5.04. The molecule has 0 atom stereocenters. The molecule has 1 aliphatic heterocycles. The Balaban J connectivity index is 2.40. The zero-order valence-electron chi connectivity index (χ0n) is 8.15. The number of likely N-dealkylation sites (tertiary alicyclic amines) is 1. The van der Waals surface area contributed by atoms with E-state index in [0.717, 1.165) is 19.6 Å². The molecule has 0 aromatic heterocycles. The molecule has 1 aliphatic rings. The van der Waals surface area contributed by atoms with E-state index < -0.39 is 0 Å². The second kappa shape index (κ2) is 2.46. The Bertz CT molecular complexity index is 140. The minimum absolute atomic E-state index is 0.328. The molecule has 2 N–H and O–H groups in total. The predicted octanol–water partition coefficient (Wildman–Crippen LogP) is 1.07. The number of nitrogens with two attached hydrogens (primary N) is 1. The van der Waals surface area contributed by atoms with Crippen molar-refractivity contribution in [2.75, 3.05) is 19.6 Å². The average Bonchev–Trinajstić information content (AvgIpc) is 1.78. The molecule has 0 aromatic rings. The van der Waals surface area contributed by atoms with E-state index in [1.54, 1.807) is 0 Å². The fourth-order valence-electron chi connectivity index (χ4n) is 1.48. The fourth-order valence-corrected chi connectivity index (χ4v) is 1.48. The molecule has 1 fully saturated rings. The first kappa shape index (κ1) is 9.01. The molecule has 1 heterocycles. The topological polar surface area (TPSA) is 29.3 Å². The quantitative estimate of drug-likeness (QED) is 0.615. The number of nitrogens with zero attached hydrogens (tertiary/aromatic N) is 1. The van der Waals surface area contributed by atoms with Crippen LogP contribution in [0.4, 0.5) is 0 Å². The van der Waals surface area contributed by atoms with E-state index in [1.807, 2.05) is 0 Å². The third-order valence-electron chi connectivity index (χ3n) is 2.59. The smallest absolute Gasteiger partial charge is 0.0125 e. The van der Waals surface area contributed by atoms with Gasteiger partial charge in [-0.1, -0.05) is 6.92 Å². The maximum Gasteiger partial charge on any atom is 0.0125 e. The van der Waals surface area contributed by atoms with E-state index >= 15 is 0 Å². The van der Waals surface area contributed by atoms with Gasteiger partial charge in [-0.25, -0.2) is 0 Å². The van der Waals surface area contributed by atoms with Crippen LogP contribution in [-0.2, 0) is 0 Å². The Morgan fingerprint density at radius 2 is 1.82 bits per heavy atom. The lowest BCUT2D eigenvalue weighted by Gasteiger charge is -2.54. The van der Waals surface area contributed by atoms with Crippen molar-refractivity contribution in [2.24, 2.45) is 11.1 Å². The van der Waals surface area contributed by atoms with Gasteiger partial charge in [-0.2, -0.15) is 0 Å². The van der Waals surface area contributed by atoms with Gasteiger partial charge in [-0.3, -0.25) is 4.90 Å². The molecule has 2 heteroatoms. The van der Waals surface area contributed by atoms with Crippen LogP contribution in [0.3, 0.4) is 0 Å². The largest absolute Gasteiger partial charge is 0.330 e. The molecule has 0 spiro atoms. The van der Waals surface area contributed by atoms with E-state index in [4.69, 9.17) is 5.73 Å². The lowest BCUT2D eigenvalue weighted by atomic mass is 9.79. The lowest BCUT2D eigenvalue weighted by Crippen LogP contribution is -2.63. The molecule has 1 saturated heterocycles. The van der Waals surface area contributed by atoms with Crippen LogP contribution in [0, 0.1) is 5.41 Å². The fraction of sp³-hybridized carbons (Fsp3) is 1.00. The summed E-state index contributed by atoms with van der Waals surface area (Å²) in [5.74, 6) is 0. The van der Waals surface area contributed by atoms with Crippen molar-refractivity contribution in [3.8, 4) is 0 Å². The minimum Gasteiger partial charge on any atom is -0.330 e. The Kier molecular flexibility index (Phi) is 2.01. The molecule has 66 valence electrons. The lowest BCUT2D eigenvalue weighted by molar-refractivity contribution is -0.0421. The van der Waals surface area contributed by atoms with Gasteiger partial charge < -0.3 is 5.73 Å². The molecule has 0 radical (unpaired) electrons. The first-order valence-corrected chi connectivity index (χ1v) is 4.32. The summed E-state index contributed by atoms with van der Waals surface area (Å²) in [6.07, 6.45) is 0. The van der Waals surface area contributed by atoms with Crippen LogP contribution in [0.25, 0.3) is 0 Å². The zero-order chi connectivity index (χ0) is 8.70. The molecule has 0 amide bonds. The van der Waals surface area contributed by atoms with Gasteiger partial charge in [0, 0.05) is 30.6 Å². The summed E-state index contributed by atoms with van der Waals surface area (Å²) in [5, 5.41) is 0. The SMILES string of the molecule is CC1(CN)CN(C(C)(C)C)C1. The van der Waals surface area contributed by atoms with E-state index in [2.05, 4.69) is 32.6 Å². The number of hydrogen-bond acceptors (Lipinski definition) is 2. The Morgan fingerprint density at radius 3 is 2.09 bits per heavy atom. The zero-order valence-corrected chi connectivity index (χ0v) is 8.15. The van der Waals surface area contributed by atoms with Gasteiger partial charge in [0.15, 0.2) is 0 Å². The van der Waals surface area contributed by atoms with Gasteiger partial charge in [0.2, 0.25) is 0 Å². The third kappa shape index (κ3) is 1.74. The van der Waals surface area contributed by atoms with Crippen molar-refractivity contribution in [1.82, 2.24) is 4.90 Å². The van der Waals surface area contributed by atoms with Gasteiger partial charge in [0.1, 0.15) is 0 Å². The summed E-state index contributed by atoms with van der Waals surface area (Å²) in [6, 6.07) is 0. The van der Waals surface area contributed by atoms with E-state index in [9.17, 15) is 0 Å². The average molecular weight is 156 g/mol. The summed E-state index contributed by atoms with van der Waals surface area (Å²) in [5.41, 5.74) is 6.37. The van der Waals surface area contributed by atoms with Crippen LogP contribution in [0.15, 0.2) is 0 Å². The second-order valence-corrected chi connectivity index (χ2v) is 5.04. The van der Waals surface area contributed by atoms with Crippen LogP contribution in [0.5, 0.6) is 0 Å². The first-order chi connectivity index (χ1) is 4.87. The van der Waals surface area contributed by atoms with Gasteiger partial charge in [-0.05, 0) is 20.8 Å². The highest BCUT2D eigenvalue weighted by Gasteiger charge is 2.41. The van der Waals surface area contributed by atoms with Crippen LogP contribution in [0.1, 0.15) is 27.7 Å². The highest BCUT2D eigenvalue weighted by Crippen LogP contribution is 2.33. The number of hydrogen-bond donors (Lipinski definition) is 1. The molecule has 2 nitrogen and oxygen atoms in total. The molecular formula is C9H20N2. The van der Waals surface area contributed by atoms with Crippen molar-refractivity contribution in [3.63, 3.8) is 0 Å². The first-order valence-electron chi connectivity index (χ1n) is 4.32. The minimum atomic E-state index is 0.328. The van der Waals surface area contributed by atoms with Crippen LogP contribution < -0.4 is 5.73 Å². The summed E-state index contributed by atoms with van der Waals surface area (Å²) < 4.78 is 0. The highest BCUT2D eigenvalue weighted by atomic mass is 15.3. The summed E-state index contributed by atoms with van der Waals surface area (Å²) in [6.45, 7) is 12.2. The predicted molar refractivity (Wildman–Crippen MR) is 48.5 cm³/mol. The van der Waals surface area contributed by atoms with Gasteiger partial charge in [0.25, 0.3) is 0 Å². The standard InChI is InChI=1S/C9H20N2/c1-8(2,3)11-6-9(4,5-10)7-11/h5-7,10H2,1-4H3. The molecule has 0 saturated carbocycles. The van der Waals surface area contributed by atoms with Crippen LogP contribution >= 0.6 is 0 Å². The Morgan fingerprint density at radius 1 is 1.36 bits per heavy atom. The molecule has 0 aromatic carbocycles. The van der Waals surface area contributed by atoms with Gasteiger partial charge >= 0.3 is 0 Å². The Hall–Kier alpha value is -0.0800. The van der Waals surface area contributed by atoms with E-state index in [0.29, 0.717) is 11.0 Å². The van der Waals surface area contributed by atoms with Crippen molar-refractivity contribution in [3.05, 3.63) is 0 Å². The summed E-state index contributed by atoms with van der Waals surface area (Å²) in [7, 11) is 0. The molecule has 0 aliphatic carbocycles. The number of rotatable bonds is 1. The molecular weight excluding hydrogens is 136 g/mol. The van der Waals surface area contributed by atoms with Crippen molar-refractivity contribution in [1.29, 1.82) is 0 Å². The Labute approximate surface area is 69.8 Å². The van der Waals surface area contributed by atoms with Gasteiger partial charge in [0.05, 0.1) is 0 Å². The van der Waals surface area contributed by atoms with Crippen LogP contribution in [-0.4, -0.2) is 30.1 Å². The summed E-state index contributed by atoms with van der Waals surface area (Å²) in [4.78, 5) is 2.47. The normalized spacial score (nSPS) is 24.8. The van der Waals surface area contributed by atoms with Crippen molar-refractivity contribution in [2.45, 2.75) is 33.2 Å². The monoisotopic (exact) mass is 156 g/mol. The molecule has 11 heavy (non-hydrogen) atoms. The van der Waals surface area contributed by atoms with E-state index in [1.165, 1.54) is 0 Å². The van der Waals surface area contributed by atoms with Crippen molar-refractivity contribution < 1.29 is 0 Å². The molecule has 0 bridgehead atoms. The maximum absolute atomic E-state index is 5.65. The van der Waals surface area contributed by atoms with Gasteiger partial charge in [-0.15, -0.1) is 0 Å². The van der Waals surface area contributed by atoms with E-state index in [-0.39, 0.29) is 0 Å². The van der Waals surface area contributed by atoms with Crippen LogP contribution in [0.2, 0.25) is 0 Å². The third-order valence-corrected chi connectivity index (χ3v) is 2.59. The van der Waals surface area contributed by atoms with Crippen molar-refractivity contribution >= 4 is 0 Å². The summed E-state index contributed by atoms with van der Waals surface area (Å²) >= 11 is 0. The molecule has 0 unspecified atom stereocenters. The maximum atomic E-state index is 5.65. The highest BCUT2D eigenvalue weighted by molar-refractivity contribution is 4.97. The molecule has 1 rings (SSSR count).